The first-order valence-electron chi connectivity index (χ1n) is 5.08. The van der Waals surface area contributed by atoms with Crippen LogP contribution >= 0.6 is 0 Å². The number of hydrogen-bond donors (Lipinski definition) is 2. The van der Waals surface area contributed by atoms with Crippen LogP contribution in [-0.2, 0) is 11.3 Å². The van der Waals surface area contributed by atoms with Gasteiger partial charge in [0, 0.05) is 6.54 Å². The van der Waals surface area contributed by atoms with Crippen LogP contribution < -0.4 is 20.5 Å². The second-order valence-corrected chi connectivity index (χ2v) is 3.69. The Bertz CT molecular complexity index is 404. The molecule has 0 radical (unpaired) electrons. The molecule has 0 spiro atoms. The molecule has 0 aliphatic carbocycles. The van der Waals surface area contributed by atoms with Gasteiger partial charge < -0.3 is 20.5 Å². The number of benzene rings is 1. The molecule has 5 nitrogen and oxygen atoms in total. The van der Waals surface area contributed by atoms with E-state index >= 15 is 0 Å². The number of carbonyl (C=O) groups is 1. The minimum absolute atomic E-state index is 0.169. The SMILES string of the molecule is C[C@@H](N)C(=O)NCc1ccc2c(c1)OCO2. The molecule has 1 aromatic carbocycles. The second kappa shape index (κ2) is 4.40. The van der Waals surface area contributed by atoms with Crippen molar-refractivity contribution in [1.29, 1.82) is 0 Å². The Hall–Kier alpha value is -1.75. The lowest BCUT2D eigenvalue weighted by molar-refractivity contribution is -0.122. The Balaban J connectivity index is 1.98. The number of carbonyl (C=O) groups excluding carboxylic acids is 1. The Kier molecular flexibility index (Phi) is 2.96. The van der Waals surface area contributed by atoms with E-state index in [9.17, 15) is 4.79 Å². The average molecular weight is 222 g/mol. The van der Waals surface area contributed by atoms with Crippen molar-refractivity contribution < 1.29 is 14.3 Å². The maximum atomic E-state index is 11.3. The Labute approximate surface area is 93.5 Å². The zero-order valence-corrected chi connectivity index (χ0v) is 9.03. The highest BCUT2D eigenvalue weighted by Crippen LogP contribution is 2.32. The van der Waals surface area contributed by atoms with E-state index in [1.54, 1.807) is 6.92 Å². The zero-order chi connectivity index (χ0) is 11.5. The van der Waals surface area contributed by atoms with Gasteiger partial charge in [-0.15, -0.1) is 0 Å². The molecule has 0 aromatic heterocycles. The van der Waals surface area contributed by atoms with Crippen molar-refractivity contribution in [2.45, 2.75) is 19.5 Å². The quantitative estimate of drug-likeness (QED) is 0.775. The van der Waals surface area contributed by atoms with E-state index < -0.39 is 6.04 Å². The molecule has 1 aromatic rings. The predicted molar refractivity (Wildman–Crippen MR) is 58.1 cm³/mol. The third-order valence-corrected chi connectivity index (χ3v) is 2.32. The average Bonchev–Trinajstić information content (AvgIpc) is 2.72. The lowest BCUT2D eigenvalue weighted by atomic mass is 10.2. The lowest BCUT2D eigenvalue weighted by Crippen LogP contribution is -2.37. The third-order valence-electron chi connectivity index (χ3n) is 2.32. The van der Waals surface area contributed by atoms with Gasteiger partial charge >= 0.3 is 0 Å². The van der Waals surface area contributed by atoms with Crippen LogP contribution in [0, 0.1) is 0 Å². The van der Waals surface area contributed by atoms with Gasteiger partial charge in [0.15, 0.2) is 11.5 Å². The largest absolute Gasteiger partial charge is 0.454 e. The molecule has 0 saturated carbocycles. The van der Waals surface area contributed by atoms with E-state index in [1.165, 1.54) is 0 Å². The lowest BCUT2D eigenvalue weighted by Gasteiger charge is -2.08. The summed E-state index contributed by atoms with van der Waals surface area (Å²) in [6.45, 7) is 2.34. The summed E-state index contributed by atoms with van der Waals surface area (Å²) in [4.78, 5) is 11.3. The number of rotatable bonds is 3. The summed E-state index contributed by atoms with van der Waals surface area (Å²) >= 11 is 0. The molecule has 5 heteroatoms. The van der Waals surface area contributed by atoms with Gasteiger partial charge in [-0.3, -0.25) is 4.79 Å². The molecule has 2 rings (SSSR count). The number of fused-ring (bicyclic) bond motifs is 1. The normalized spacial score (nSPS) is 14.6. The molecule has 1 heterocycles. The van der Waals surface area contributed by atoms with E-state index in [1.807, 2.05) is 18.2 Å². The van der Waals surface area contributed by atoms with Crippen molar-refractivity contribution >= 4 is 5.91 Å². The van der Waals surface area contributed by atoms with Crippen LogP contribution in [-0.4, -0.2) is 18.7 Å². The molecule has 1 atom stereocenters. The summed E-state index contributed by atoms with van der Waals surface area (Å²) in [5.41, 5.74) is 6.39. The van der Waals surface area contributed by atoms with Crippen molar-refractivity contribution in [1.82, 2.24) is 5.32 Å². The summed E-state index contributed by atoms with van der Waals surface area (Å²) < 4.78 is 10.4. The number of hydrogen-bond acceptors (Lipinski definition) is 4. The maximum absolute atomic E-state index is 11.3. The van der Waals surface area contributed by atoms with Crippen LogP contribution in [0.1, 0.15) is 12.5 Å². The number of nitrogens with one attached hydrogen (secondary N) is 1. The van der Waals surface area contributed by atoms with Crippen LogP contribution in [0.5, 0.6) is 11.5 Å². The second-order valence-electron chi connectivity index (χ2n) is 3.69. The minimum Gasteiger partial charge on any atom is -0.454 e. The summed E-state index contributed by atoms with van der Waals surface area (Å²) in [6.07, 6.45) is 0. The first-order chi connectivity index (χ1) is 7.66. The highest BCUT2D eigenvalue weighted by Gasteiger charge is 2.13. The van der Waals surface area contributed by atoms with Crippen molar-refractivity contribution in [3.05, 3.63) is 23.8 Å². The molecule has 1 aliphatic heterocycles. The number of ether oxygens (including phenoxy) is 2. The van der Waals surface area contributed by atoms with Crippen LogP contribution in [0.3, 0.4) is 0 Å². The summed E-state index contributed by atoms with van der Waals surface area (Å²) in [5, 5.41) is 2.73. The van der Waals surface area contributed by atoms with E-state index in [4.69, 9.17) is 15.2 Å². The Morgan fingerprint density at radius 3 is 3.00 bits per heavy atom. The molecule has 0 saturated heterocycles. The van der Waals surface area contributed by atoms with Gasteiger partial charge in [0.25, 0.3) is 0 Å². The molecule has 86 valence electrons. The molecule has 0 fully saturated rings. The highest BCUT2D eigenvalue weighted by atomic mass is 16.7. The molecule has 1 aliphatic rings. The van der Waals surface area contributed by atoms with Crippen molar-refractivity contribution in [3.8, 4) is 11.5 Å². The predicted octanol–water partition coefficient (Wildman–Crippen LogP) is 0.379. The molecular weight excluding hydrogens is 208 g/mol. The molecule has 1 amide bonds. The molecule has 0 bridgehead atoms. The van der Waals surface area contributed by atoms with Crippen LogP contribution in [0.2, 0.25) is 0 Å². The van der Waals surface area contributed by atoms with Gasteiger partial charge in [-0.25, -0.2) is 0 Å². The van der Waals surface area contributed by atoms with Crippen LogP contribution in [0.15, 0.2) is 18.2 Å². The van der Waals surface area contributed by atoms with Gasteiger partial charge in [0.2, 0.25) is 12.7 Å². The topological polar surface area (TPSA) is 73.6 Å². The molecular formula is C11H14N2O3. The van der Waals surface area contributed by atoms with E-state index in [0.29, 0.717) is 12.3 Å². The fourth-order valence-corrected chi connectivity index (χ4v) is 1.40. The maximum Gasteiger partial charge on any atom is 0.236 e. The van der Waals surface area contributed by atoms with E-state index in [2.05, 4.69) is 5.32 Å². The number of amides is 1. The summed E-state index contributed by atoms with van der Waals surface area (Å²) in [5.74, 6) is 1.28. The van der Waals surface area contributed by atoms with Gasteiger partial charge in [0.1, 0.15) is 0 Å². The smallest absolute Gasteiger partial charge is 0.236 e. The fraction of sp³-hybridized carbons (Fsp3) is 0.364. The van der Waals surface area contributed by atoms with Crippen molar-refractivity contribution in [3.63, 3.8) is 0 Å². The monoisotopic (exact) mass is 222 g/mol. The first-order valence-corrected chi connectivity index (χ1v) is 5.08. The first kappa shape index (κ1) is 10.8. The standard InChI is InChI=1S/C11H14N2O3/c1-7(12)11(14)13-5-8-2-3-9-10(4-8)16-6-15-9/h2-4,7H,5-6,12H2,1H3,(H,13,14)/t7-/m1/s1. The Morgan fingerprint density at radius 2 is 2.25 bits per heavy atom. The summed E-state index contributed by atoms with van der Waals surface area (Å²) in [7, 11) is 0. The van der Waals surface area contributed by atoms with Crippen LogP contribution in [0.4, 0.5) is 0 Å². The zero-order valence-electron chi connectivity index (χ0n) is 9.03. The van der Waals surface area contributed by atoms with E-state index in [0.717, 1.165) is 11.3 Å². The Morgan fingerprint density at radius 1 is 1.50 bits per heavy atom. The third kappa shape index (κ3) is 2.25. The molecule has 0 unspecified atom stereocenters. The molecule has 16 heavy (non-hydrogen) atoms. The molecule has 3 N–H and O–H groups in total. The van der Waals surface area contributed by atoms with Crippen molar-refractivity contribution in [2.75, 3.05) is 6.79 Å². The summed E-state index contributed by atoms with van der Waals surface area (Å²) in [6, 6.07) is 5.07. The number of nitrogens with two attached hydrogens (primary N) is 1. The van der Waals surface area contributed by atoms with Gasteiger partial charge in [0.05, 0.1) is 6.04 Å². The van der Waals surface area contributed by atoms with Gasteiger partial charge in [-0.2, -0.15) is 0 Å². The van der Waals surface area contributed by atoms with Gasteiger partial charge in [-0.05, 0) is 24.6 Å². The van der Waals surface area contributed by atoms with Crippen molar-refractivity contribution in [2.24, 2.45) is 5.73 Å². The van der Waals surface area contributed by atoms with Gasteiger partial charge in [-0.1, -0.05) is 6.07 Å². The fourth-order valence-electron chi connectivity index (χ4n) is 1.40. The van der Waals surface area contributed by atoms with Crippen LogP contribution in [0.25, 0.3) is 0 Å². The minimum atomic E-state index is -0.492. The van der Waals surface area contributed by atoms with E-state index in [-0.39, 0.29) is 12.7 Å². The highest BCUT2D eigenvalue weighted by molar-refractivity contribution is 5.80.